The number of fused-ring (bicyclic) bond motifs is 1. The number of rotatable bonds is 3. The molecule has 0 amide bonds. The quantitative estimate of drug-likeness (QED) is 0.807. The Morgan fingerprint density at radius 2 is 1.91 bits per heavy atom. The molecular formula is C16H19N5O. The number of anilines is 2. The third kappa shape index (κ3) is 2.36. The van der Waals surface area contributed by atoms with Crippen molar-refractivity contribution in [2.75, 3.05) is 5.32 Å². The Hall–Kier alpha value is -2.63. The van der Waals surface area contributed by atoms with Gasteiger partial charge in [-0.2, -0.15) is 4.98 Å². The van der Waals surface area contributed by atoms with Crippen LogP contribution in [0.5, 0.6) is 0 Å². The molecule has 2 aromatic heterocycles. The monoisotopic (exact) mass is 297 g/mol. The zero-order chi connectivity index (χ0) is 15.9. The average molecular weight is 297 g/mol. The van der Waals surface area contributed by atoms with E-state index in [1.807, 2.05) is 26.0 Å². The third-order valence-corrected chi connectivity index (χ3v) is 3.82. The molecule has 0 atom stereocenters. The molecular weight excluding hydrogens is 278 g/mol. The summed E-state index contributed by atoms with van der Waals surface area (Å²) in [7, 11) is 0. The van der Waals surface area contributed by atoms with Crippen molar-refractivity contribution in [1.82, 2.24) is 19.2 Å². The summed E-state index contributed by atoms with van der Waals surface area (Å²) in [6.07, 6.45) is 0. The van der Waals surface area contributed by atoms with Crippen LogP contribution in [0.4, 0.5) is 11.5 Å². The van der Waals surface area contributed by atoms with Gasteiger partial charge in [-0.15, -0.1) is 5.10 Å². The summed E-state index contributed by atoms with van der Waals surface area (Å²) in [6.45, 7) is 8.45. The number of aromatic nitrogens is 4. The first-order chi connectivity index (χ1) is 10.5. The second-order valence-electron chi connectivity index (χ2n) is 5.44. The molecule has 0 aliphatic heterocycles. The molecule has 1 N–H and O–H groups in total. The van der Waals surface area contributed by atoms with Gasteiger partial charge in [-0.3, -0.25) is 0 Å². The van der Waals surface area contributed by atoms with Gasteiger partial charge in [0.05, 0.1) is 0 Å². The van der Waals surface area contributed by atoms with Crippen LogP contribution in [0.3, 0.4) is 0 Å². The number of benzene rings is 1. The maximum absolute atomic E-state index is 12.1. The van der Waals surface area contributed by atoms with E-state index in [4.69, 9.17) is 0 Å². The van der Waals surface area contributed by atoms with Crippen LogP contribution < -0.4 is 11.0 Å². The predicted molar refractivity (Wildman–Crippen MR) is 86.9 cm³/mol. The lowest BCUT2D eigenvalue weighted by molar-refractivity contribution is 0.632. The summed E-state index contributed by atoms with van der Waals surface area (Å²) in [6, 6.07) is 8.01. The number of nitrogens with one attached hydrogen (secondary N) is 1. The van der Waals surface area contributed by atoms with Gasteiger partial charge < -0.3 is 5.32 Å². The van der Waals surface area contributed by atoms with Crippen molar-refractivity contribution in [3.63, 3.8) is 0 Å². The molecule has 6 nitrogen and oxygen atoms in total. The molecule has 0 bridgehead atoms. The molecule has 0 aliphatic carbocycles. The van der Waals surface area contributed by atoms with E-state index in [2.05, 4.69) is 41.4 Å². The molecule has 0 saturated carbocycles. The molecule has 0 radical (unpaired) electrons. The number of hydrogen-bond acceptors (Lipinski definition) is 4. The van der Waals surface area contributed by atoms with Crippen molar-refractivity contribution < 1.29 is 0 Å². The Morgan fingerprint density at radius 3 is 2.59 bits per heavy atom. The molecule has 2 heterocycles. The fraction of sp³-hybridized carbons (Fsp3) is 0.312. The van der Waals surface area contributed by atoms with Crippen LogP contribution in [-0.4, -0.2) is 19.2 Å². The zero-order valence-corrected chi connectivity index (χ0v) is 13.2. The van der Waals surface area contributed by atoms with Crippen LogP contribution in [0.25, 0.3) is 5.78 Å². The van der Waals surface area contributed by atoms with Gasteiger partial charge in [0.1, 0.15) is 5.82 Å². The summed E-state index contributed by atoms with van der Waals surface area (Å²) < 4.78 is 2.93. The van der Waals surface area contributed by atoms with Crippen LogP contribution in [0.2, 0.25) is 0 Å². The van der Waals surface area contributed by atoms with E-state index in [0.717, 1.165) is 11.4 Å². The van der Waals surface area contributed by atoms with Crippen LogP contribution in [0.15, 0.2) is 29.1 Å². The molecule has 3 rings (SSSR count). The van der Waals surface area contributed by atoms with Gasteiger partial charge in [-0.25, -0.2) is 13.9 Å². The van der Waals surface area contributed by atoms with Crippen molar-refractivity contribution in [1.29, 1.82) is 0 Å². The Kier molecular flexibility index (Phi) is 3.44. The minimum absolute atomic E-state index is 0.153. The second kappa shape index (κ2) is 5.29. The van der Waals surface area contributed by atoms with E-state index in [1.54, 1.807) is 0 Å². The highest BCUT2D eigenvalue weighted by atomic mass is 16.2. The molecule has 22 heavy (non-hydrogen) atoms. The Bertz CT molecular complexity index is 907. The van der Waals surface area contributed by atoms with Gasteiger partial charge in [0, 0.05) is 24.0 Å². The van der Waals surface area contributed by atoms with Gasteiger partial charge in [0.15, 0.2) is 0 Å². The van der Waals surface area contributed by atoms with Crippen molar-refractivity contribution in [3.8, 4) is 0 Å². The van der Waals surface area contributed by atoms with Gasteiger partial charge in [0.25, 0.3) is 5.78 Å². The number of hydrogen-bond donors (Lipinski definition) is 1. The summed E-state index contributed by atoms with van der Waals surface area (Å²) in [4.78, 5) is 16.6. The summed E-state index contributed by atoms with van der Waals surface area (Å²) in [5.41, 5.74) is 4.09. The molecule has 114 valence electrons. The second-order valence-corrected chi connectivity index (χ2v) is 5.44. The van der Waals surface area contributed by atoms with Gasteiger partial charge in [-0.05, 0) is 51.0 Å². The van der Waals surface area contributed by atoms with E-state index in [-0.39, 0.29) is 5.69 Å². The van der Waals surface area contributed by atoms with E-state index in [1.165, 1.54) is 20.2 Å². The molecule has 1 aromatic carbocycles. The predicted octanol–water partition coefficient (Wildman–Crippen LogP) is 2.58. The molecule has 0 fully saturated rings. The molecule has 0 aliphatic rings. The summed E-state index contributed by atoms with van der Waals surface area (Å²) >= 11 is 0. The highest BCUT2D eigenvalue weighted by molar-refractivity contribution is 5.59. The first-order valence-corrected chi connectivity index (χ1v) is 7.31. The Morgan fingerprint density at radius 1 is 1.14 bits per heavy atom. The van der Waals surface area contributed by atoms with Gasteiger partial charge in [0.2, 0.25) is 0 Å². The zero-order valence-electron chi connectivity index (χ0n) is 13.2. The maximum Gasteiger partial charge on any atom is 0.351 e. The maximum atomic E-state index is 12.1. The van der Waals surface area contributed by atoms with Gasteiger partial charge >= 0.3 is 5.69 Å². The standard InChI is InChI=1S/C16H19N5O/c1-5-20-16(22)21-12(4)9-14(18-15(21)19-20)17-13-7-6-10(2)11(3)8-13/h6-9H,5H2,1-4H3,(H,17,18,19). The van der Waals surface area contributed by atoms with E-state index >= 15 is 0 Å². The highest BCUT2D eigenvalue weighted by Crippen LogP contribution is 2.19. The van der Waals surface area contributed by atoms with E-state index < -0.39 is 0 Å². The van der Waals surface area contributed by atoms with Crippen LogP contribution in [-0.2, 0) is 6.54 Å². The Balaban J connectivity index is 2.04. The lowest BCUT2D eigenvalue weighted by atomic mass is 10.1. The smallest absolute Gasteiger partial charge is 0.340 e. The van der Waals surface area contributed by atoms with Crippen molar-refractivity contribution >= 4 is 17.3 Å². The lowest BCUT2D eigenvalue weighted by Gasteiger charge is -2.09. The van der Waals surface area contributed by atoms with Gasteiger partial charge in [-0.1, -0.05) is 6.07 Å². The minimum Gasteiger partial charge on any atom is -0.340 e. The van der Waals surface area contributed by atoms with E-state index in [9.17, 15) is 4.79 Å². The summed E-state index contributed by atoms with van der Waals surface area (Å²) in [5, 5.41) is 7.52. The molecule has 6 heteroatoms. The van der Waals surface area contributed by atoms with Crippen LogP contribution >= 0.6 is 0 Å². The first-order valence-electron chi connectivity index (χ1n) is 7.31. The molecule has 0 spiro atoms. The van der Waals surface area contributed by atoms with Crippen molar-refractivity contribution in [3.05, 3.63) is 51.6 Å². The minimum atomic E-state index is -0.153. The van der Waals surface area contributed by atoms with Crippen molar-refractivity contribution in [2.45, 2.75) is 34.2 Å². The fourth-order valence-corrected chi connectivity index (χ4v) is 2.42. The molecule has 3 aromatic rings. The molecule has 0 unspecified atom stereocenters. The number of aryl methyl sites for hydroxylation is 4. The fourth-order valence-electron chi connectivity index (χ4n) is 2.42. The largest absolute Gasteiger partial charge is 0.351 e. The normalized spacial score (nSPS) is 11.1. The SMILES string of the molecule is CCn1nc2nc(Nc3ccc(C)c(C)c3)cc(C)n2c1=O. The van der Waals surface area contributed by atoms with Crippen LogP contribution in [0, 0.1) is 20.8 Å². The van der Waals surface area contributed by atoms with Crippen molar-refractivity contribution in [2.24, 2.45) is 0 Å². The number of nitrogens with zero attached hydrogens (tertiary/aromatic N) is 4. The van der Waals surface area contributed by atoms with E-state index in [0.29, 0.717) is 18.1 Å². The topological polar surface area (TPSA) is 64.2 Å². The average Bonchev–Trinajstić information content (AvgIpc) is 2.79. The summed E-state index contributed by atoms with van der Waals surface area (Å²) in [5.74, 6) is 1.10. The highest BCUT2D eigenvalue weighted by Gasteiger charge is 2.11. The third-order valence-electron chi connectivity index (χ3n) is 3.82. The molecule has 0 saturated heterocycles. The lowest BCUT2D eigenvalue weighted by Crippen LogP contribution is -2.21. The first kappa shape index (κ1) is 14.3. The van der Waals surface area contributed by atoms with Crippen LogP contribution in [0.1, 0.15) is 23.7 Å². The Labute approximate surface area is 128 Å².